The smallest absolute Gasteiger partial charge is 0.348 e. The second-order valence-electron chi connectivity index (χ2n) is 6.69. The number of ether oxygens (including phenoxy) is 3. The topological polar surface area (TPSA) is 90.5 Å². The third-order valence-electron chi connectivity index (χ3n) is 4.38. The number of halogens is 1. The number of esters is 1. The number of hydrogen-bond donors (Lipinski definition) is 1. The second kappa shape index (κ2) is 10.6. The SMILES string of the molecule is CCCOc1ccc(/C=C(\Cl)c2nc3sc(C(=O)OCCOC)c(C)c3c(=O)[nH]2)cc1. The average molecular weight is 463 g/mol. The number of aromatic nitrogens is 2. The minimum absolute atomic E-state index is 0.134. The first-order valence-corrected chi connectivity index (χ1v) is 10.9. The number of carbonyl (C=O) groups excluding carboxylic acids is 1. The van der Waals surface area contributed by atoms with Gasteiger partial charge in [0.2, 0.25) is 0 Å². The van der Waals surface area contributed by atoms with Crippen molar-refractivity contribution in [3.63, 3.8) is 0 Å². The molecule has 7 nitrogen and oxygen atoms in total. The van der Waals surface area contributed by atoms with Gasteiger partial charge in [0.05, 0.1) is 23.6 Å². The number of H-pyrrole nitrogens is 1. The highest BCUT2D eigenvalue weighted by molar-refractivity contribution is 7.20. The predicted octanol–water partition coefficient (Wildman–Crippen LogP) is 4.62. The Bertz CT molecular complexity index is 1150. The van der Waals surface area contributed by atoms with Crippen molar-refractivity contribution in [2.75, 3.05) is 26.9 Å². The van der Waals surface area contributed by atoms with Gasteiger partial charge in [-0.05, 0) is 42.7 Å². The van der Waals surface area contributed by atoms with Gasteiger partial charge in [-0.15, -0.1) is 11.3 Å². The molecule has 0 radical (unpaired) electrons. The molecule has 0 aliphatic rings. The molecule has 9 heteroatoms. The van der Waals surface area contributed by atoms with E-state index >= 15 is 0 Å². The van der Waals surface area contributed by atoms with Crippen LogP contribution in [-0.2, 0) is 9.47 Å². The van der Waals surface area contributed by atoms with Gasteiger partial charge < -0.3 is 19.2 Å². The average Bonchev–Trinajstić information content (AvgIpc) is 3.10. The number of nitrogens with zero attached hydrogens (tertiary/aromatic N) is 1. The highest BCUT2D eigenvalue weighted by Crippen LogP contribution is 2.29. The van der Waals surface area contributed by atoms with Crippen LogP contribution in [0.4, 0.5) is 0 Å². The summed E-state index contributed by atoms with van der Waals surface area (Å²) >= 11 is 7.53. The van der Waals surface area contributed by atoms with E-state index in [-0.39, 0.29) is 23.0 Å². The Morgan fingerprint density at radius 3 is 2.65 bits per heavy atom. The minimum atomic E-state index is -0.509. The Morgan fingerprint density at radius 2 is 1.97 bits per heavy atom. The Hall–Kier alpha value is -2.68. The van der Waals surface area contributed by atoms with Gasteiger partial charge in [-0.3, -0.25) is 4.79 Å². The molecule has 2 heterocycles. The number of rotatable bonds is 9. The molecule has 0 unspecified atom stereocenters. The molecular formula is C22H23ClN2O5S. The molecule has 0 fully saturated rings. The second-order valence-corrected chi connectivity index (χ2v) is 8.10. The molecule has 2 aromatic heterocycles. The van der Waals surface area contributed by atoms with Gasteiger partial charge in [0, 0.05) is 7.11 Å². The molecule has 164 valence electrons. The normalized spacial score (nSPS) is 11.7. The predicted molar refractivity (Wildman–Crippen MR) is 123 cm³/mol. The third kappa shape index (κ3) is 5.52. The summed E-state index contributed by atoms with van der Waals surface area (Å²) in [5.41, 5.74) is 1.01. The lowest BCUT2D eigenvalue weighted by molar-refractivity contribution is 0.0393. The summed E-state index contributed by atoms with van der Waals surface area (Å²) in [6, 6.07) is 7.45. The summed E-state index contributed by atoms with van der Waals surface area (Å²) in [7, 11) is 1.52. The zero-order chi connectivity index (χ0) is 22.4. The molecule has 0 bridgehead atoms. The first kappa shape index (κ1) is 23.0. The molecule has 0 amide bonds. The molecule has 3 rings (SSSR count). The van der Waals surface area contributed by atoms with Gasteiger partial charge in [0.25, 0.3) is 5.56 Å². The summed E-state index contributed by atoms with van der Waals surface area (Å²) < 4.78 is 15.6. The molecule has 0 atom stereocenters. The van der Waals surface area contributed by atoms with Crippen LogP contribution in [0.5, 0.6) is 5.75 Å². The lowest BCUT2D eigenvalue weighted by Crippen LogP contribution is -2.11. The maximum Gasteiger partial charge on any atom is 0.348 e. The Morgan fingerprint density at radius 1 is 1.23 bits per heavy atom. The van der Waals surface area contributed by atoms with E-state index in [0.717, 1.165) is 29.1 Å². The van der Waals surface area contributed by atoms with Crippen molar-refractivity contribution in [2.24, 2.45) is 0 Å². The van der Waals surface area contributed by atoms with E-state index in [9.17, 15) is 9.59 Å². The summed E-state index contributed by atoms with van der Waals surface area (Å²) in [5.74, 6) is 0.499. The fraction of sp³-hybridized carbons (Fsp3) is 0.318. The van der Waals surface area contributed by atoms with Crippen LogP contribution in [0.25, 0.3) is 21.3 Å². The molecule has 1 aromatic carbocycles. The zero-order valence-electron chi connectivity index (χ0n) is 17.5. The van der Waals surface area contributed by atoms with Gasteiger partial charge in [0.15, 0.2) is 5.82 Å². The van der Waals surface area contributed by atoms with Crippen LogP contribution in [0.1, 0.15) is 40.0 Å². The molecular weight excluding hydrogens is 440 g/mol. The van der Waals surface area contributed by atoms with Crippen LogP contribution in [0.3, 0.4) is 0 Å². The molecule has 31 heavy (non-hydrogen) atoms. The number of aromatic amines is 1. The number of benzene rings is 1. The molecule has 0 saturated carbocycles. The van der Waals surface area contributed by atoms with Gasteiger partial charge in [0.1, 0.15) is 22.1 Å². The molecule has 0 aliphatic carbocycles. The lowest BCUT2D eigenvalue weighted by Gasteiger charge is -2.04. The molecule has 0 spiro atoms. The molecule has 1 N–H and O–H groups in total. The summed E-state index contributed by atoms with van der Waals surface area (Å²) in [5, 5.41) is 0.630. The number of nitrogens with one attached hydrogen (secondary N) is 1. The largest absolute Gasteiger partial charge is 0.494 e. The van der Waals surface area contributed by atoms with Gasteiger partial charge in [-0.25, -0.2) is 9.78 Å². The van der Waals surface area contributed by atoms with E-state index < -0.39 is 5.97 Å². The van der Waals surface area contributed by atoms with E-state index in [2.05, 4.69) is 9.97 Å². The van der Waals surface area contributed by atoms with E-state index in [0.29, 0.717) is 33.9 Å². The monoisotopic (exact) mass is 462 g/mol. The van der Waals surface area contributed by atoms with Crippen molar-refractivity contribution < 1.29 is 19.0 Å². The van der Waals surface area contributed by atoms with Crippen molar-refractivity contribution in [1.29, 1.82) is 0 Å². The Labute approximate surface area is 188 Å². The van der Waals surface area contributed by atoms with Crippen LogP contribution in [-0.4, -0.2) is 42.9 Å². The first-order chi connectivity index (χ1) is 14.9. The fourth-order valence-electron chi connectivity index (χ4n) is 2.83. The Balaban J connectivity index is 1.88. The van der Waals surface area contributed by atoms with E-state index in [4.69, 9.17) is 25.8 Å². The van der Waals surface area contributed by atoms with Crippen molar-refractivity contribution in [2.45, 2.75) is 20.3 Å². The maximum atomic E-state index is 12.7. The van der Waals surface area contributed by atoms with Crippen LogP contribution in [0.15, 0.2) is 29.1 Å². The van der Waals surface area contributed by atoms with Crippen LogP contribution in [0.2, 0.25) is 0 Å². The van der Waals surface area contributed by atoms with Crippen LogP contribution < -0.4 is 10.3 Å². The van der Waals surface area contributed by atoms with Crippen molar-refractivity contribution in [3.05, 3.63) is 56.4 Å². The highest BCUT2D eigenvalue weighted by Gasteiger charge is 2.21. The van der Waals surface area contributed by atoms with Gasteiger partial charge >= 0.3 is 5.97 Å². The van der Waals surface area contributed by atoms with Crippen LogP contribution >= 0.6 is 22.9 Å². The molecule has 0 saturated heterocycles. The van der Waals surface area contributed by atoms with Crippen molar-refractivity contribution >= 4 is 50.2 Å². The van der Waals surface area contributed by atoms with E-state index in [1.807, 2.05) is 31.2 Å². The summed E-state index contributed by atoms with van der Waals surface area (Å²) in [6.07, 6.45) is 2.64. The lowest BCUT2D eigenvalue weighted by atomic mass is 10.2. The number of thiophene rings is 1. The fourth-order valence-corrected chi connectivity index (χ4v) is 4.12. The standard InChI is InChI=1S/C22H23ClN2O5S/c1-4-9-29-15-7-5-14(6-8-15)12-16(23)19-24-20(26)17-13(2)18(31-21(17)25-19)22(27)30-11-10-28-3/h5-8,12H,4,9-11H2,1-3H3,(H,24,25,26)/b16-12-. The first-order valence-electron chi connectivity index (χ1n) is 9.74. The number of fused-ring (bicyclic) bond motifs is 1. The number of carbonyl (C=O) groups is 1. The van der Waals surface area contributed by atoms with E-state index in [1.54, 1.807) is 13.0 Å². The third-order valence-corrected chi connectivity index (χ3v) is 5.83. The number of aryl methyl sites for hydroxylation is 1. The van der Waals surface area contributed by atoms with Gasteiger partial charge in [-0.2, -0.15) is 0 Å². The maximum absolute atomic E-state index is 12.7. The van der Waals surface area contributed by atoms with Crippen LogP contribution in [0, 0.1) is 6.92 Å². The summed E-state index contributed by atoms with van der Waals surface area (Å²) in [6.45, 7) is 4.83. The molecule has 0 aliphatic heterocycles. The Kier molecular flexibility index (Phi) is 7.84. The van der Waals surface area contributed by atoms with Crippen molar-refractivity contribution in [3.8, 4) is 5.75 Å². The number of hydrogen-bond acceptors (Lipinski definition) is 7. The molecule has 3 aromatic rings. The van der Waals surface area contributed by atoms with Gasteiger partial charge in [-0.1, -0.05) is 30.7 Å². The zero-order valence-corrected chi connectivity index (χ0v) is 19.1. The number of methoxy groups -OCH3 is 1. The van der Waals surface area contributed by atoms with Crippen molar-refractivity contribution in [1.82, 2.24) is 9.97 Å². The van der Waals surface area contributed by atoms with E-state index in [1.165, 1.54) is 7.11 Å². The summed E-state index contributed by atoms with van der Waals surface area (Å²) in [4.78, 5) is 32.9. The quantitative estimate of drug-likeness (QED) is 0.368. The minimum Gasteiger partial charge on any atom is -0.494 e. The highest BCUT2D eigenvalue weighted by atomic mass is 35.5.